The minimum absolute atomic E-state index is 0.245. The van der Waals surface area contributed by atoms with E-state index in [-0.39, 0.29) is 6.04 Å². The fraction of sp³-hybridized carbons (Fsp3) is 0.0370. The van der Waals surface area contributed by atoms with Crippen LogP contribution >= 0.6 is 0 Å². The third-order valence-electron chi connectivity index (χ3n) is 5.62. The van der Waals surface area contributed by atoms with Crippen molar-refractivity contribution in [2.45, 2.75) is 6.04 Å². The minimum Gasteiger partial charge on any atom is -0.436 e. The van der Waals surface area contributed by atoms with Crippen LogP contribution in [0.1, 0.15) is 17.2 Å². The standard InChI is InChI=1S/C27H19N3O2/c28-25(17-9-13-19(14-10-17)26-29-21-5-1-3-7-23(21)31-26)18-11-15-20(16-12-18)27-30-22-6-2-4-8-24(22)32-27/h1-16,25H,28H2. The zero-order chi connectivity index (χ0) is 21.5. The van der Waals surface area contributed by atoms with Crippen molar-refractivity contribution in [1.82, 2.24) is 9.97 Å². The van der Waals surface area contributed by atoms with Crippen LogP contribution in [0.25, 0.3) is 45.1 Å². The molecule has 0 aliphatic carbocycles. The predicted molar refractivity (Wildman–Crippen MR) is 125 cm³/mol. The van der Waals surface area contributed by atoms with Crippen LogP contribution in [0.3, 0.4) is 0 Å². The van der Waals surface area contributed by atoms with Crippen LogP contribution in [-0.4, -0.2) is 9.97 Å². The molecule has 154 valence electrons. The van der Waals surface area contributed by atoms with E-state index < -0.39 is 0 Å². The van der Waals surface area contributed by atoms with E-state index in [9.17, 15) is 0 Å². The molecule has 0 spiro atoms. The lowest BCUT2D eigenvalue weighted by Gasteiger charge is -2.13. The van der Waals surface area contributed by atoms with Gasteiger partial charge in [0.15, 0.2) is 11.2 Å². The van der Waals surface area contributed by atoms with Gasteiger partial charge in [0.25, 0.3) is 0 Å². The normalized spacial score (nSPS) is 11.6. The summed E-state index contributed by atoms with van der Waals surface area (Å²) in [5.41, 5.74) is 13.7. The monoisotopic (exact) mass is 417 g/mol. The number of aromatic nitrogens is 2. The number of para-hydroxylation sites is 4. The number of rotatable bonds is 4. The summed E-state index contributed by atoms with van der Waals surface area (Å²) in [7, 11) is 0. The highest BCUT2D eigenvalue weighted by molar-refractivity contribution is 5.77. The van der Waals surface area contributed by atoms with E-state index >= 15 is 0 Å². The van der Waals surface area contributed by atoms with Crippen molar-refractivity contribution in [2.75, 3.05) is 0 Å². The quantitative estimate of drug-likeness (QED) is 0.361. The molecule has 2 heterocycles. The number of oxazole rings is 2. The van der Waals surface area contributed by atoms with Gasteiger partial charge in [0.05, 0.1) is 6.04 Å². The fourth-order valence-electron chi connectivity index (χ4n) is 3.85. The molecule has 6 aromatic rings. The Balaban J connectivity index is 1.24. The Hall–Kier alpha value is -4.22. The second-order valence-electron chi connectivity index (χ2n) is 7.70. The van der Waals surface area contributed by atoms with Crippen molar-refractivity contribution in [3.8, 4) is 22.9 Å². The number of fused-ring (bicyclic) bond motifs is 2. The van der Waals surface area contributed by atoms with Gasteiger partial charge in [-0.3, -0.25) is 0 Å². The lowest BCUT2D eigenvalue weighted by molar-refractivity contribution is 0.619. The van der Waals surface area contributed by atoms with Crippen LogP contribution in [0.4, 0.5) is 0 Å². The summed E-state index contributed by atoms with van der Waals surface area (Å²) in [5.74, 6) is 1.21. The molecule has 5 heteroatoms. The van der Waals surface area contributed by atoms with Crippen LogP contribution in [0, 0.1) is 0 Å². The van der Waals surface area contributed by atoms with E-state index in [0.29, 0.717) is 11.8 Å². The second-order valence-corrected chi connectivity index (χ2v) is 7.70. The van der Waals surface area contributed by atoms with Gasteiger partial charge in [0, 0.05) is 11.1 Å². The molecular weight excluding hydrogens is 398 g/mol. The molecule has 0 atom stereocenters. The molecule has 0 bridgehead atoms. The number of nitrogens with zero attached hydrogens (tertiary/aromatic N) is 2. The Labute approximate surface area is 184 Å². The molecule has 0 amide bonds. The average molecular weight is 417 g/mol. The SMILES string of the molecule is NC(c1ccc(-c2nc3ccccc3o2)cc1)c1ccc(-c2nc3ccccc3o2)cc1. The molecule has 0 unspecified atom stereocenters. The second kappa shape index (κ2) is 7.48. The van der Waals surface area contributed by atoms with Gasteiger partial charge in [0.1, 0.15) is 11.0 Å². The van der Waals surface area contributed by atoms with Crippen LogP contribution in [0.5, 0.6) is 0 Å². The van der Waals surface area contributed by atoms with Crippen molar-refractivity contribution in [1.29, 1.82) is 0 Å². The Bertz CT molecular complexity index is 1350. The lowest BCUT2D eigenvalue weighted by Crippen LogP contribution is -2.11. The summed E-state index contributed by atoms with van der Waals surface area (Å²) in [6.07, 6.45) is 0. The van der Waals surface area contributed by atoms with Gasteiger partial charge in [-0.05, 0) is 59.7 Å². The smallest absolute Gasteiger partial charge is 0.227 e. The topological polar surface area (TPSA) is 78.1 Å². The van der Waals surface area contributed by atoms with E-state index in [4.69, 9.17) is 14.6 Å². The van der Waals surface area contributed by atoms with Gasteiger partial charge in [0.2, 0.25) is 11.8 Å². The molecule has 6 rings (SSSR count). The third-order valence-corrected chi connectivity index (χ3v) is 5.62. The highest BCUT2D eigenvalue weighted by Gasteiger charge is 2.13. The first-order valence-electron chi connectivity index (χ1n) is 10.4. The zero-order valence-corrected chi connectivity index (χ0v) is 17.1. The van der Waals surface area contributed by atoms with Gasteiger partial charge in [-0.25, -0.2) is 9.97 Å². The molecule has 32 heavy (non-hydrogen) atoms. The largest absolute Gasteiger partial charge is 0.436 e. The Kier molecular flexibility index (Phi) is 4.33. The van der Waals surface area contributed by atoms with E-state index in [1.807, 2.05) is 97.1 Å². The average Bonchev–Trinajstić information content (AvgIpc) is 3.48. The van der Waals surface area contributed by atoms with Gasteiger partial charge in [-0.1, -0.05) is 48.5 Å². The number of nitrogens with two attached hydrogens (primary N) is 1. The van der Waals surface area contributed by atoms with Gasteiger partial charge < -0.3 is 14.6 Å². The summed E-state index contributed by atoms with van der Waals surface area (Å²) >= 11 is 0. The molecule has 2 N–H and O–H groups in total. The van der Waals surface area contributed by atoms with Crippen molar-refractivity contribution < 1.29 is 8.83 Å². The van der Waals surface area contributed by atoms with Crippen LogP contribution < -0.4 is 5.73 Å². The highest BCUT2D eigenvalue weighted by atomic mass is 16.4. The van der Waals surface area contributed by atoms with E-state index in [2.05, 4.69) is 9.97 Å². The zero-order valence-electron chi connectivity index (χ0n) is 17.1. The summed E-state index contributed by atoms with van der Waals surface area (Å²) in [6, 6.07) is 31.3. The molecule has 5 nitrogen and oxygen atoms in total. The molecule has 2 aromatic heterocycles. The first-order chi connectivity index (χ1) is 15.7. The molecule has 0 fully saturated rings. The summed E-state index contributed by atoms with van der Waals surface area (Å²) in [5, 5.41) is 0. The lowest BCUT2D eigenvalue weighted by atomic mass is 9.97. The highest BCUT2D eigenvalue weighted by Crippen LogP contribution is 2.29. The molecule has 0 saturated carbocycles. The van der Waals surface area contributed by atoms with E-state index in [0.717, 1.165) is 44.5 Å². The van der Waals surface area contributed by atoms with Gasteiger partial charge >= 0.3 is 0 Å². The fourth-order valence-corrected chi connectivity index (χ4v) is 3.85. The first kappa shape index (κ1) is 18.5. The van der Waals surface area contributed by atoms with Crippen LogP contribution in [0.2, 0.25) is 0 Å². The number of benzene rings is 4. The third kappa shape index (κ3) is 3.25. The maximum absolute atomic E-state index is 6.54. The summed E-state index contributed by atoms with van der Waals surface area (Å²) in [4.78, 5) is 9.11. The molecule has 4 aromatic carbocycles. The van der Waals surface area contributed by atoms with Crippen LogP contribution in [0.15, 0.2) is 106 Å². The minimum atomic E-state index is -0.245. The predicted octanol–water partition coefficient (Wildman–Crippen LogP) is 6.35. The van der Waals surface area contributed by atoms with Crippen molar-refractivity contribution in [2.24, 2.45) is 5.73 Å². The van der Waals surface area contributed by atoms with Crippen molar-refractivity contribution in [3.63, 3.8) is 0 Å². The number of hydrogen-bond donors (Lipinski definition) is 1. The van der Waals surface area contributed by atoms with E-state index in [1.165, 1.54) is 0 Å². The van der Waals surface area contributed by atoms with Gasteiger partial charge in [-0.15, -0.1) is 0 Å². The molecule has 0 aliphatic rings. The van der Waals surface area contributed by atoms with Crippen molar-refractivity contribution in [3.05, 3.63) is 108 Å². The Morgan fingerprint density at radius 1 is 0.531 bits per heavy atom. The molecule has 0 radical (unpaired) electrons. The van der Waals surface area contributed by atoms with Crippen molar-refractivity contribution >= 4 is 22.2 Å². The summed E-state index contributed by atoms with van der Waals surface area (Å²) in [6.45, 7) is 0. The number of hydrogen-bond acceptors (Lipinski definition) is 5. The Morgan fingerprint density at radius 3 is 1.34 bits per heavy atom. The Morgan fingerprint density at radius 2 is 0.938 bits per heavy atom. The summed E-state index contributed by atoms with van der Waals surface area (Å²) < 4.78 is 11.7. The molecule has 0 saturated heterocycles. The maximum atomic E-state index is 6.54. The van der Waals surface area contributed by atoms with Crippen LogP contribution in [-0.2, 0) is 0 Å². The molecule has 0 aliphatic heterocycles. The maximum Gasteiger partial charge on any atom is 0.227 e. The van der Waals surface area contributed by atoms with E-state index in [1.54, 1.807) is 0 Å². The first-order valence-corrected chi connectivity index (χ1v) is 10.4. The molecular formula is C27H19N3O2. The van der Waals surface area contributed by atoms with Gasteiger partial charge in [-0.2, -0.15) is 0 Å².